The molecule has 9 rings (SSSR count). The summed E-state index contributed by atoms with van der Waals surface area (Å²) in [6.45, 7) is 0.559. The van der Waals surface area contributed by atoms with E-state index in [0.717, 1.165) is 18.2 Å². The van der Waals surface area contributed by atoms with Crippen molar-refractivity contribution in [1.82, 2.24) is 0 Å². The lowest BCUT2D eigenvalue weighted by Gasteiger charge is -2.48. The third kappa shape index (κ3) is 13.1. The van der Waals surface area contributed by atoms with Crippen LogP contribution in [-0.2, 0) is 47.4 Å². The highest BCUT2D eigenvalue weighted by atomic mass is 16.8. The van der Waals surface area contributed by atoms with E-state index >= 15 is 0 Å². The van der Waals surface area contributed by atoms with Crippen molar-refractivity contribution in [3.8, 4) is 40.1 Å². The van der Waals surface area contributed by atoms with Crippen molar-refractivity contribution in [2.45, 2.75) is 161 Å². The van der Waals surface area contributed by atoms with Gasteiger partial charge in [-0.05, 0) is 61.9 Å². The predicted octanol–water partition coefficient (Wildman–Crippen LogP) is -4.63. The van der Waals surface area contributed by atoms with Gasteiger partial charge in [0.25, 0.3) is 0 Å². The molecular formula is C53H64O30. The Labute approximate surface area is 468 Å². The highest BCUT2D eigenvalue weighted by Crippen LogP contribution is 2.40. The number of esters is 1. The minimum absolute atomic E-state index is 0.00158. The third-order valence-corrected chi connectivity index (χ3v) is 14.6. The molecule has 16 N–H and O–H groups in total. The van der Waals surface area contributed by atoms with Crippen LogP contribution in [0.2, 0.25) is 0 Å². The van der Waals surface area contributed by atoms with E-state index < -0.39 is 207 Å². The number of fused-ring (bicyclic) bond motifs is 1. The maximum Gasteiger partial charge on any atom is 0.330 e. The molecule has 0 saturated carbocycles. The van der Waals surface area contributed by atoms with Gasteiger partial charge in [0.1, 0.15) is 138 Å². The maximum atomic E-state index is 14.6. The number of aliphatic hydroxyl groups excluding tert-OH is 13. The zero-order chi connectivity index (χ0) is 59.9. The Kier molecular flexibility index (Phi) is 19.2. The molecule has 0 spiro atoms. The van der Waals surface area contributed by atoms with Crippen LogP contribution in [0.15, 0.2) is 76.0 Å². The molecule has 4 aromatic rings. The van der Waals surface area contributed by atoms with E-state index in [1.54, 1.807) is 0 Å². The van der Waals surface area contributed by atoms with Gasteiger partial charge in [0.15, 0.2) is 30.7 Å². The molecule has 30 nitrogen and oxygen atoms in total. The van der Waals surface area contributed by atoms with Crippen LogP contribution in [-0.4, -0.2) is 255 Å². The molecule has 5 aliphatic heterocycles. The lowest BCUT2D eigenvalue weighted by Crippen LogP contribution is -2.67. The van der Waals surface area contributed by atoms with Crippen LogP contribution in [0.3, 0.4) is 0 Å². The van der Waals surface area contributed by atoms with Crippen LogP contribution in [0.25, 0.3) is 28.4 Å². The summed E-state index contributed by atoms with van der Waals surface area (Å²) >= 11 is 0. The van der Waals surface area contributed by atoms with Gasteiger partial charge in [0.2, 0.25) is 23.8 Å². The molecule has 30 heteroatoms. The first kappa shape index (κ1) is 61.8. The minimum Gasteiger partial charge on any atom is -0.508 e. The number of phenols is 3. The molecule has 0 bridgehead atoms. The Morgan fingerprint density at radius 2 is 1.14 bits per heavy atom. The number of phenolic OH excluding ortho intramolecular Hbond substituents is 3. The SMILES string of the molecule is CC1OC(OC2COC(Oc3ccc(-c4oc5cc(O)cc(O)c5c(=O)c4OC4OC(C)C(O)C(O)C4OC4OC(COC(=O)C=Cc5ccc(O)cc5)C(O)C(O)C4OC4OC(CO)C(O)C(O)C4O)cc3)C(O)C2O)C(O)C(O)C1O. The normalized spacial score (nSPS) is 38.7. The second-order valence-electron chi connectivity index (χ2n) is 20.4. The van der Waals surface area contributed by atoms with Crippen LogP contribution in [0.1, 0.15) is 19.4 Å². The van der Waals surface area contributed by atoms with Crippen LogP contribution in [0, 0.1) is 0 Å². The first-order valence-electron chi connectivity index (χ1n) is 26.0. The topological polar surface area (TPSA) is 472 Å². The van der Waals surface area contributed by atoms with Crippen molar-refractivity contribution in [2.75, 3.05) is 19.8 Å². The second kappa shape index (κ2) is 25.8. The highest BCUT2D eigenvalue weighted by Gasteiger charge is 2.55. The Hall–Kier alpha value is -5.76. The van der Waals surface area contributed by atoms with Gasteiger partial charge in [-0.25, -0.2) is 4.79 Å². The number of rotatable bonds is 16. The molecule has 24 atom stereocenters. The van der Waals surface area contributed by atoms with E-state index in [4.69, 9.17) is 56.5 Å². The van der Waals surface area contributed by atoms with Gasteiger partial charge in [-0.3, -0.25) is 4.79 Å². The van der Waals surface area contributed by atoms with E-state index in [9.17, 15) is 91.3 Å². The molecule has 3 aromatic carbocycles. The zero-order valence-electron chi connectivity index (χ0n) is 43.8. The first-order chi connectivity index (χ1) is 39.4. The van der Waals surface area contributed by atoms with Crippen molar-refractivity contribution in [3.05, 3.63) is 82.5 Å². The van der Waals surface area contributed by atoms with E-state index in [-0.39, 0.29) is 22.6 Å². The van der Waals surface area contributed by atoms with Gasteiger partial charge >= 0.3 is 5.97 Å². The summed E-state index contributed by atoms with van der Waals surface area (Å²) in [7, 11) is 0. The van der Waals surface area contributed by atoms with Gasteiger partial charge in [0.05, 0.1) is 25.4 Å². The van der Waals surface area contributed by atoms with Gasteiger partial charge in [0, 0.05) is 23.8 Å². The number of aromatic hydroxyl groups is 3. The summed E-state index contributed by atoms with van der Waals surface area (Å²) in [5, 5.41) is 171. The highest BCUT2D eigenvalue weighted by molar-refractivity contribution is 5.88. The lowest BCUT2D eigenvalue weighted by molar-refractivity contribution is -0.388. The molecule has 5 saturated heterocycles. The Balaban J connectivity index is 0.991. The lowest BCUT2D eigenvalue weighted by atomic mass is 9.96. The minimum atomic E-state index is -2.18. The molecular weight excluding hydrogens is 1120 g/mol. The average molecular weight is 1180 g/mol. The smallest absolute Gasteiger partial charge is 0.330 e. The van der Waals surface area contributed by atoms with Gasteiger partial charge < -0.3 is 138 Å². The van der Waals surface area contributed by atoms with E-state index in [2.05, 4.69) is 0 Å². The van der Waals surface area contributed by atoms with Gasteiger partial charge in [-0.15, -0.1) is 0 Å². The van der Waals surface area contributed by atoms with Crippen molar-refractivity contribution >= 4 is 23.0 Å². The number of hydrogen-bond donors (Lipinski definition) is 16. The number of carbonyl (C=O) groups is 1. The number of hydrogen-bond acceptors (Lipinski definition) is 30. The summed E-state index contributed by atoms with van der Waals surface area (Å²) in [4.78, 5) is 27.5. The van der Waals surface area contributed by atoms with Crippen molar-refractivity contribution in [1.29, 1.82) is 0 Å². The predicted molar refractivity (Wildman–Crippen MR) is 270 cm³/mol. The van der Waals surface area contributed by atoms with E-state index in [1.165, 1.54) is 68.5 Å². The fourth-order valence-electron chi connectivity index (χ4n) is 9.78. The van der Waals surface area contributed by atoms with E-state index in [0.29, 0.717) is 5.56 Å². The second-order valence-corrected chi connectivity index (χ2v) is 20.4. The quantitative estimate of drug-likeness (QED) is 0.0371. The Bertz CT molecular complexity index is 2920. The van der Waals surface area contributed by atoms with Crippen molar-refractivity contribution in [2.24, 2.45) is 0 Å². The summed E-state index contributed by atoms with van der Waals surface area (Å²) in [6, 6.07) is 12.8. The monoisotopic (exact) mass is 1180 g/mol. The van der Waals surface area contributed by atoms with Crippen LogP contribution in [0.4, 0.5) is 0 Å². The van der Waals surface area contributed by atoms with Crippen LogP contribution in [0.5, 0.6) is 28.7 Å². The van der Waals surface area contributed by atoms with Crippen LogP contribution < -0.4 is 14.9 Å². The number of ether oxygens (including phenoxy) is 11. The molecule has 5 fully saturated rings. The summed E-state index contributed by atoms with van der Waals surface area (Å²) in [6.07, 6.45) is -40.4. The summed E-state index contributed by atoms with van der Waals surface area (Å²) < 4.78 is 69.7. The van der Waals surface area contributed by atoms with E-state index in [1.807, 2.05) is 0 Å². The molecule has 1 aromatic heterocycles. The van der Waals surface area contributed by atoms with Crippen LogP contribution >= 0.6 is 0 Å². The maximum absolute atomic E-state index is 14.6. The van der Waals surface area contributed by atoms with Gasteiger partial charge in [-0.2, -0.15) is 0 Å². The van der Waals surface area contributed by atoms with Crippen molar-refractivity contribution in [3.63, 3.8) is 0 Å². The fraction of sp³-hybridized carbons (Fsp3) is 0.547. The van der Waals surface area contributed by atoms with Gasteiger partial charge in [-0.1, -0.05) is 12.1 Å². The molecule has 456 valence electrons. The number of benzene rings is 3. The Morgan fingerprint density at radius 1 is 0.578 bits per heavy atom. The molecule has 83 heavy (non-hydrogen) atoms. The zero-order valence-corrected chi connectivity index (χ0v) is 43.8. The summed E-state index contributed by atoms with van der Waals surface area (Å²) in [5.74, 6) is -3.59. The molecule has 0 radical (unpaired) electrons. The number of aliphatic hydroxyl groups is 13. The van der Waals surface area contributed by atoms with Crippen molar-refractivity contribution < 1.29 is 143 Å². The number of carbonyl (C=O) groups excluding carboxylic acids is 1. The Morgan fingerprint density at radius 3 is 1.82 bits per heavy atom. The third-order valence-electron chi connectivity index (χ3n) is 14.6. The molecule has 5 aliphatic rings. The fourth-order valence-corrected chi connectivity index (χ4v) is 9.78. The summed E-state index contributed by atoms with van der Waals surface area (Å²) in [5.41, 5.74) is -1.03. The first-order valence-corrected chi connectivity index (χ1v) is 26.0. The standard InChI is InChI=1S/C53H64O30/c1-18-32(59)38(65)43(70)50(74-18)79-29-17-73-49(42(69)36(29)63)76-24-10-6-21(7-11-24)45-46(37(64)31-25(57)13-23(56)14-26(31)77-45)81-52-47(40(67)33(60)19(2)75-52)83-53-48(82-51-44(71)39(66)34(61)27(15-54)78-51)41(68)35(62)28(80-53)16-72-30(58)12-5-20-3-8-22(55)9-4-20/h3-14,18-19,27-29,32-36,38-44,47-57,59-63,65-71H,15-17H2,1-2H3. The average Bonchev–Trinajstić information content (AvgIpc) is 2.85. The molecule has 6 heterocycles. The molecule has 0 aliphatic carbocycles. The molecule has 24 unspecified atom stereocenters. The largest absolute Gasteiger partial charge is 0.508 e. The molecule has 0 amide bonds.